The van der Waals surface area contributed by atoms with Gasteiger partial charge in [-0.25, -0.2) is 0 Å². The van der Waals surface area contributed by atoms with E-state index < -0.39 is 0 Å². The highest BCUT2D eigenvalue weighted by Gasteiger charge is 2.25. The standard InChI is InChI=1S/C10H17NO2/c1-8(2)7-13-9(3)11-6-4-5-10(11)12/h9H,1,4-7H2,2-3H3. The minimum atomic E-state index is -0.105. The third kappa shape index (κ3) is 2.84. The number of amides is 1. The molecule has 0 saturated carbocycles. The van der Waals surface area contributed by atoms with Crippen LogP contribution in [-0.4, -0.2) is 30.2 Å². The summed E-state index contributed by atoms with van der Waals surface area (Å²) in [4.78, 5) is 13.1. The zero-order chi connectivity index (χ0) is 9.84. The number of likely N-dealkylation sites (tertiary alicyclic amines) is 1. The second-order valence-corrected chi connectivity index (χ2v) is 3.56. The molecule has 1 aliphatic heterocycles. The topological polar surface area (TPSA) is 29.5 Å². The molecule has 0 aromatic carbocycles. The molecule has 1 atom stereocenters. The van der Waals surface area contributed by atoms with Gasteiger partial charge in [-0.3, -0.25) is 4.79 Å². The number of ether oxygens (including phenoxy) is 1. The zero-order valence-electron chi connectivity index (χ0n) is 8.38. The van der Waals surface area contributed by atoms with Crippen molar-refractivity contribution < 1.29 is 9.53 Å². The number of carbonyl (C=O) groups excluding carboxylic acids is 1. The molecule has 0 aliphatic carbocycles. The molecule has 1 heterocycles. The van der Waals surface area contributed by atoms with Crippen LogP contribution in [-0.2, 0) is 9.53 Å². The van der Waals surface area contributed by atoms with Crippen molar-refractivity contribution in [1.29, 1.82) is 0 Å². The first-order chi connectivity index (χ1) is 6.11. The lowest BCUT2D eigenvalue weighted by Crippen LogP contribution is -2.36. The number of carbonyl (C=O) groups is 1. The van der Waals surface area contributed by atoms with Gasteiger partial charge in [-0.05, 0) is 20.3 Å². The first-order valence-electron chi connectivity index (χ1n) is 4.66. The van der Waals surface area contributed by atoms with Gasteiger partial charge in [0.1, 0.15) is 6.23 Å². The Morgan fingerprint density at radius 2 is 2.46 bits per heavy atom. The summed E-state index contributed by atoms with van der Waals surface area (Å²) in [5.74, 6) is 0.203. The van der Waals surface area contributed by atoms with Crippen molar-refractivity contribution in [1.82, 2.24) is 4.90 Å². The number of hydrogen-bond donors (Lipinski definition) is 0. The van der Waals surface area contributed by atoms with Crippen LogP contribution < -0.4 is 0 Å². The Bertz CT molecular complexity index is 213. The monoisotopic (exact) mass is 183 g/mol. The molecular weight excluding hydrogens is 166 g/mol. The minimum absolute atomic E-state index is 0.105. The van der Waals surface area contributed by atoms with E-state index in [9.17, 15) is 4.79 Å². The summed E-state index contributed by atoms with van der Waals surface area (Å²) in [5.41, 5.74) is 0.985. The summed E-state index contributed by atoms with van der Waals surface area (Å²) < 4.78 is 5.46. The van der Waals surface area contributed by atoms with Crippen LogP contribution in [0.2, 0.25) is 0 Å². The van der Waals surface area contributed by atoms with Gasteiger partial charge < -0.3 is 9.64 Å². The molecular formula is C10H17NO2. The predicted octanol–water partition coefficient (Wildman–Crippen LogP) is 1.55. The maximum atomic E-state index is 11.3. The maximum absolute atomic E-state index is 11.3. The van der Waals surface area contributed by atoms with Crippen molar-refractivity contribution in [3.63, 3.8) is 0 Å². The van der Waals surface area contributed by atoms with E-state index in [4.69, 9.17) is 4.74 Å². The van der Waals surface area contributed by atoms with E-state index in [2.05, 4.69) is 6.58 Å². The molecule has 3 heteroatoms. The SMILES string of the molecule is C=C(C)COC(C)N1CCCC1=O. The van der Waals surface area contributed by atoms with Gasteiger partial charge in [0.25, 0.3) is 0 Å². The number of hydrogen-bond acceptors (Lipinski definition) is 2. The van der Waals surface area contributed by atoms with Crippen LogP contribution in [0.15, 0.2) is 12.2 Å². The molecule has 13 heavy (non-hydrogen) atoms. The van der Waals surface area contributed by atoms with Gasteiger partial charge in [-0.1, -0.05) is 12.2 Å². The first-order valence-corrected chi connectivity index (χ1v) is 4.66. The van der Waals surface area contributed by atoms with Crippen molar-refractivity contribution in [3.8, 4) is 0 Å². The maximum Gasteiger partial charge on any atom is 0.224 e. The van der Waals surface area contributed by atoms with Crippen molar-refractivity contribution in [2.24, 2.45) is 0 Å². The average molecular weight is 183 g/mol. The molecule has 0 spiro atoms. The van der Waals surface area contributed by atoms with Crippen LogP contribution in [0, 0.1) is 0 Å². The lowest BCUT2D eigenvalue weighted by atomic mass is 10.4. The molecule has 1 aliphatic rings. The van der Waals surface area contributed by atoms with Crippen LogP contribution in [0.25, 0.3) is 0 Å². The second kappa shape index (κ2) is 4.42. The van der Waals surface area contributed by atoms with Crippen LogP contribution in [0.4, 0.5) is 0 Å². The summed E-state index contributed by atoms with van der Waals surface area (Å²) in [6, 6.07) is 0. The third-order valence-corrected chi connectivity index (χ3v) is 2.12. The van der Waals surface area contributed by atoms with E-state index >= 15 is 0 Å². The van der Waals surface area contributed by atoms with Crippen LogP contribution >= 0.6 is 0 Å². The van der Waals surface area contributed by atoms with E-state index in [1.54, 1.807) is 4.90 Å². The summed E-state index contributed by atoms with van der Waals surface area (Å²) in [5, 5.41) is 0. The molecule has 1 rings (SSSR count). The number of rotatable bonds is 4. The normalized spacial score (nSPS) is 19.2. The lowest BCUT2D eigenvalue weighted by Gasteiger charge is -2.24. The molecule has 0 N–H and O–H groups in total. The summed E-state index contributed by atoms with van der Waals surface area (Å²) in [6.07, 6.45) is 1.52. The second-order valence-electron chi connectivity index (χ2n) is 3.56. The Morgan fingerprint density at radius 1 is 1.77 bits per heavy atom. The van der Waals surface area contributed by atoms with Gasteiger partial charge >= 0.3 is 0 Å². The smallest absolute Gasteiger partial charge is 0.224 e. The van der Waals surface area contributed by atoms with Gasteiger partial charge in [0.15, 0.2) is 0 Å². The molecule has 1 saturated heterocycles. The average Bonchev–Trinajstić information content (AvgIpc) is 2.47. The van der Waals surface area contributed by atoms with E-state index in [0.717, 1.165) is 18.5 Å². The van der Waals surface area contributed by atoms with Gasteiger partial charge in [-0.2, -0.15) is 0 Å². The highest BCUT2D eigenvalue weighted by atomic mass is 16.5. The number of nitrogens with zero attached hydrogens (tertiary/aromatic N) is 1. The molecule has 0 aromatic rings. The van der Waals surface area contributed by atoms with Gasteiger partial charge in [0, 0.05) is 13.0 Å². The molecule has 1 fully saturated rings. The lowest BCUT2D eigenvalue weighted by molar-refractivity contribution is -0.138. The fourth-order valence-electron chi connectivity index (χ4n) is 1.41. The van der Waals surface area contributed by atoms with Crippen LogP contribution in [0.5, 0.6) is 0 Å². The predicted molar refractivity (Wildman–Crippen MR) is 51.2 cm³/mol. The van der Waals surface area contributed by atoms with Gasteiger partial charge in [0.2, 0.25) is 5.91 Å². The summed E-state index contributed by atoms with van der Waals surface area (Å²) >= 11 is 0. The van der Waals surface area contributed by atoms with Crippen molar-refractivity contribution in [3.05, 3.63) is 12.2 Å². The van der Waals surface area contributed by atoms with E-state index in [1.165, 1.54) is 0 Å². The molecule has 1 unspecified atom stereocenters. The fourth-order valence-corrected chi connectivity index (χ4v) is 1.41. The van der Waals surface area contributed by atoms with Gasteiger partial charge in [0.05, 0.1) is 6.61 Å². The Morgan fingerprint density at radius 3 is 2.92 bits per heavy atom. The Labute approximate surface area is 79.4 Å². The Kier molecular flexibility index (Phi) is 3.48. The van der Waals surface area contributed by atoms with Crippen molar-refractivity contribution in [2.75, 3.05) is 13.2 Å². The molecule has 0 bridgehead atoms. The summed E-state index contributed by atoms with van der Waals surface area (Å²) in [7, 11) is 0. The largest absolute Gasteiger partial charge is 0.354 e. The Balaban J connectivity index is 2.34. The van der Waals surface area contributed by atoms with E-state index in [1.807, 2.05) is 13.8 Å². The third-order valence-electron chi connectivity index (χ3n) is 2.12. The molecule has 0 radical (unpaired) electrons. The highest BCUT2D eigenvalue weighted by molar-refractivity contribution is 5.78. The van der Waals surface area contributed by atoms with Crippen molar-refractivity contribution >= 4 is 5.91 Å². The molecule has 3 nitrogen and oxygen atoms in total. The zero-order valence-corrected chi connectivity index (χ0v) is 8.38. The van der Waals surface area contributed by atoms with Crippen LogP contribution in [0.1, 0.15) is 26.7 Å². The highest BCUT2D eigenvalue weighted by Crippen LogP contribution is 2.14. The van der Waals surface area contributed by atoms with Crippen molar-refractivity contribution in [2.45, 2.75) is 32.9 Å². The van der Waals surface area contributed by atoms with Gasteiger partial charge in [-0.15, -0.1) is 0 Å². The summed E-state index contributed by atoms with van der Waals surface area (Å²) in [6.45, 7) is 8.93. The Hall–Kier alpha value is -0.830. The molecule has 74 valence electrons. The first kappa shape index (κ1) is 10.3. The fraction of sp³-hybridized carbons (Fsp3) is 0.700. The minimum Gasteiger partial charge on any atom is -0.354 e. The van der Waals surface area contributed by atoms with Crippen LogP contribution in [0.3, 0.4) is 0 Å². The van der Waals surface area contributed by atoms with E-state index in [-0.39, 0.29) is 12.1 Å². The molecule has 0 aromatic heterocycles. The van der Waals surface area contributed by atoms with E-state index in [0.29, 0.717) is 13.0 Å². The quantitative estimate of drug-likeness (QED) is 0.619. The molecule has 1 amide bonds.